The van der Waals surface area contributed by atoms with Crippen molar-refractivity contribution < 1.29 is 4.79 Å². The van der Waals surface area contributed by atoms with Gasteiger partial charge < -0.3 is 11.1 Å². The van der Waals surface area contributed by atoms with Gasteiger partial charge in [0.2, 0.25) is 0 Å². The minimum atomic E-state index is -0.291. The number of nitrogen functional groups attached to an aromatic ring is 1. The molecule has 1 aromatic heterocycles. The second kappa shape index (κ2) is 5.71. The predicted octanol–water partition coefficient (Wildman–Crippen LogP) is 2.81. The Balaban J connectivity index is 2.15. The van der Waals surface area contributed by atoms with Gasteiger partial charge >= 0.3 is 0 Å². The molecule has 2 aromatic rings. The van der Waals surface area contributed by atoms with Gasteiger partial charge in [0.25, 0.3) is 5.91 Å². The van der Waals surface area contributed by atoms with E-state index in [2.05, 4.69) is 10.3 Å². The third-order valence-electron chi connectivity index (χ3n) is 2.75. The third-order valence-corrected chi connectivity index (χ3v) is 3.05. The molecule has 0 unspecified atom stereocenters. The highest BCUT2D eigenvalue weighted by atomic mass is 35.5. The summed E-state index contributed by atoms with van der Waals surface area (Å²) in [6.07, 6.45) is 1.42. The van der Waals surface area contributed by atoms with Crippen LogP contribution in [0.5, 0.6) is 0 Å². The van der Waals surface area contributed by atoms with Gasteiger partial charge in [-0.15, -0.1) is 0 Å². The highest BCUT2D eigenvalue weighted by Gasteiger charge is 2.15. The standard InChI is InChI=1S/C14H14ClN3O/c1-9(10-5-3-2-4-6-10)18-14(19)12-7-11(16)8-17-13(12)15/h2-9H,16H2,1H3,(H,18,19)/t9-/m0/s1. The molecule has 19 heavy (non-hydrogen) atoms. The minimum Gasteiger partial charge on any atom is -0.397 e. The van der Waals surface area contributed by atoms with Gasteiger partial charge in [0.15, 0.2) is 0 Å². The summed E-state index contributed by atoms with van der Waals surface area (Å²) in [6.45, 7) is 1.90. The number of carbonyl (C=O) groups is 1. The molecule has 2 rings (SSSR count). The minimum absolute atomic E-state index is 0.119. The SMILES string of the molecule is C[C@H](NC(=O)c1cc(N)cnc1Cl)c1ccccc1. The summed E-state index contributed by atoms with van der Waals surface area (Å²) in [6, 6.07) is 11.1. The Bertz CT molecular complexity index is 586. The first-order chi connectivity index (χ1) is 9.08. The number of nitrogens with zero attached hydrogens (tertiary/aromatic N) is 1. The van der Waals surface area contributed by atoms with Crippen molar-refractivity contribution in [2.75, 3.05) is 5.73 Å². The molecule has 0 aliphatic rings. The van der Waals surface area contributed by atoms with Gasteiger partial charge in [0.1, 0.15) is 5.15 Å². The molecular formula is C14H14ClN3O. The Labute approximate surface area is 116 Å². The fraction of sp³-hybridized carbons (Fsp3) is 0.143. The van der Waals surface area contributed by atoms with Crippen LogP contribution in [0.3, 0.4) is 0 Å². The molecule has 0 aliphatic heterocycles. The Morgan fingerprint density at radius 1 is 1.37 bits per heavy atom. The summed E-state index contributed by atoms with van der Waals surface area (Å²) in [5.41, 5.74) is 7.31. The highest BCUT2D eigenvalue weighted by Crippen LogP contribution is 2.18. The number of benzene rings is 1. The number of hydrogen-bond acceptors (Lipinski definition) is 3. The topological polar surface area (TPSA) is 68.0 Å². The molecule has 1 aromatic carbocycles. The fourth-order valence-electron chi connectivity index (χ4n) is 1.72. The van der Waals surface area contributed by atoms with Gasteiger partial charge in [-0.1, -0.05) is 41.9 Å². The molecule has 1 amide bonds. The summed E-state index contributed by atoms with van der Waals surface area (Å²) < 4.78 is 0. The van der Waals surface area contributed by atoms with Crippen molar-refractivity contribution in [3.8, 4) is 0 Å². The van der Waals surface area contributed by atoms with E-state index in [1.807, 2.05) is 37.3 Å². The first-order valence-electron chi connectivity index (χ1n) is 5.84. The van der Waals surface area contributed by atoms with Crippen molar-refractivity contribution in [1.82, 2.24) is 10.3 Å². The maximum absolute atomic E-state index is 12.1. The van der Waals surface area contributed by atoms with Crippen molar-refractivity contribution in [3.05, 3.63) is 58.9 Å². The predicted molar refractivity (Wildman–Crippen MR) is 76.0 cm³/mol. The lowest BCUT2D eigenvalue weighted by atomic mass is 10.1. The summed E-state index contributed by atoms with van der Waals surface area (Å²) in [4.78, 5) is 16.0. The molecule has 98 valence electrons. The first kappa shape index (κ1) is 13.4. The quantitative estimate of drug-likeness (QED) is 0.847. The average Bonchev–Trinajstić information content (AvgIpc) is 2.42. The third kappa shape index (κ3) is 3.23. The average molecular weight is 276 g/mol. The van der Waals surface area contributed by atoms with Crippen LogP contribution in [0.1, 0.15) is 28.9 Å². The molecular weight excluding hydrogens is 262 g/mol. The van der Waals surface area contributed by atoms with Crippen LogP contribution in [0, 0.1) is 0 Å². The molecule has 4 nitrogen and oxygen atoms in total. The maximum atomic E-state index is 12.1. The van der Waals surface area contributed by atoms with Gasteiger partial charge in [-0.25, -0.2) is 4.98 Å². The zero-order valence-electron chi connectivity index (χ0n) is 10.4. The second-order valence-electron chi connectivity index (χ2n) is 4.21. The molecule has 1 atom stereocenters. The van der Waals surface area contributed by atoms with E-state index in [1.165, 1.54) is 12.3 Å². The number of hydrogen-bond donors (Lipinski definition) is 2. The first-order valence-corrected chi connectivity index (χ1v) is 6.22. The molecule has 0 bridgehead atoms. The molecule has 0 spiro atoms. The van der Waals surface area contributed by atoms with Gasteiger partial charge in [-0.3, -0.25) is 4.79 Å². The van der Waals surface area contributed by atoms with E-state index in [1.54, 1.807) is 0 Å². The van der Waals surface area contributed by atoms with E-state index in [-0.39, 0.29) is 22.7 Å². The molecule has 0 radical (unpaired) electrons. The summed E-state index contributed by atoms with van der Waals surface area (Å²) in [7, 11) is 0. The van der Waals surface area contributed by atoms with Gasteiger partial charge in [0.05, 0.1) is 23.5 Å². The van der Waals surface area contributed by atoms with Crippen LogP contribution in [0.15, 0.2) is 42.6 Å². The molecule has 0 saturated carbocycles. The van der Waals surface area contributed by atoms with E-state index >= 15 is 0 Å². The number of anilines is 1. The Kier molecular flexibility index (Phi) is 4.02. The number of nitrogens with two attached hydrogens (primary N) is 1. The second-order valence-corrected chi connectivity index (χ2v) is 4.57. The van der Waals surface area contributed by atoms with Crippen LogP contribution >= 0.6 is 11.6 Å². The lowest BCUT2D eigenvalue weighted by molar-refractivity contribution is 0.0939. The van der Waals surface area contributed by atoms with Gasteiger partial charge in [-0.05, 0) is 18.6 Å². The number of carbonyl (C=O) groups excluding carboxylic acids is 1. The van der Waals surface area contributed by atoms with Crippen molar-refractivity contribution in [3.63, 3.8) is 0 Å². The van der Waals surface area contributed by atoms with Crippen LogP contribution in [0.4, 0.5) is 5.69 Å². The molecule has 3 N–H and O–H groups in total. The van der Waals surface area contributed by atoms with E-state index in [9.17, 15) is 4.79 Å². The van der Waals surface area contributed by atoms with Gasteiger partial charge in [0, 0.05) is 0 Å². The highest BCUT2D eigenvalue weighted by molar-refractivity contribution is 6.32. The monoisotopic (exact) mass is 275 g/mol. The smallest absolute Gasteiger partial charge is 0.254 e. The number of halogens is 1. The lowest BCUT2D eigenvalue weighted by Crippen LogP contribution is -2.27. The van der Waals surface area contributed by atoms with Crippen LogP contribution in [0.25, 0.3) is 0 Å². The number of amides is 1. The maximum Gasteiger partial charge on any atom is 0.254 e. The number of pyridine rings is 1. The number of nitrogens with one attached hydrogen (secondary N) is 1. The molecule has 5 heteroatoms. The Hall–Kier alpha value is -2.07. The normalized spacial score (nSPS) is 11.9. The summed E-state index contributed by atoms with van der Waals surface area (Å²) >= 11 is 5.89. The van der Waals surface area contributed by atoms with Crippen molar-refractivity contribution in [2.45, 2.75) is 13.0 Å². The van der Waals surface area contributed by atoms with Crippen LogP contribution in [-0.4, -0.2) is 10.9 Å². The fourth-order valence-corrected chi connectivity index (χ4v) is 1.91. The Morgan fingerprint density at radius 2 is 2.05 bits per heavy atom. The van der Waals surface area contributed by atoms with Crippen molar-refractivity contribution in [2.24, 2.45) is 0 Å². The van der Waals surface area contributed by atoms with Gasteiger partial charge in [-0.2, -0.15) is 0 Å². The van der Waals surface area contributed by atoms with Crippen molar-refractivity contribution >= 4 is 23.2 Å². The molecule has 0 aliphatic carbocycles. The zero-order valence-corrected chi connectivity index (χ0v) is 11.2. The Morgan fingerprint density at radius 3 is 2.74 bits per heavy atom. The molecule has 1 heterocycles. The van der Waals surface area contributed by atoms with Crippen LogP contribution in [-0.2, 0) is 0 Å². The van der Waals surface area contributed by atoms with Crippen LogP contribution < -0.4 is 11.1 Å². The largest absolute Gasteiger partial charge is 0.397 e. The molecule has 0 fully saturated rings. The van der Waals surface area contributed by atoms with Crippen LogP contribution in [0.2, 0.25) is 5.15 Å². The van der Waals surface area contributed by atoms with E-state index < -0.39 is 0 Å². The van der Waals surface area contributed by atoms with Crippen molar-refractivity contribution in [1.29, 1.82) is 0 Å². The van der Waals surface area contributed by atoms with E-state index in [4.69, 9.17) is 17.3 Å². The summed E-state index contributed by atoms with van der Waals surface area (Å²) in [5.74, 6) is -0.291. The van der Waals surface area contributed by atoms with E-state index in [0.717, 1.165) is 5.56 Å². The van der Waals surface area contributed by atoms with E-state index in [0.29, 0.717) is 5.69 Å². The number of rotatable bonds is 3. The molecule has 0 saturated heterocycles. The summed E-state index contributed by atoms with van der Waals surface area (Å²) in [5, 5.41) is 3.01. The lowest BCUT2D eigenvalue weighted by Gasteiger charge is -2.14. The zero-order chi connectivity index (χ0) is 13.8. The number of aromatic nitrogens is 1.